The Balaban J connectivity index is 2.27. The fourth-order valence-corrected chi connectivity index (χ4v) is 1.46. The smallest absolute Gasteiger partial charge is 0.155 e. The summed E-state index contributed by atoms with van der Waals surface area (Å²) in [5, 5.41) is 16.9. The first kappa shape index (κ1) is 11.1. The van der Waals surface area contributed by atoms with Crippen LogP contribution < -0.4 is 4.90 Å². The monoisotopic (exact) mass is 224 g/mol. The molecule has 0 aliphatic rings. The first-order chi connectivity index (χ1) is 8.20. The van der Waals surface area contributed by atoms with Crippen LogP contribution in [0.5, 0.6) is 0 Å². The van der Waals surface area contributed by atoms with E-state index in [2.05, 4.69) is 16.3 Å². The molecule has 4 nitrogen and oxygen atoms in total. The number of aryl methyl sites for hydroxylation is 1. The Morgan fingerprint density at radius 3 is 2.29 bits per heavy atom. The number of anilines is 2. The Morgan fingerprint density at radius 1 is 1.06 bits per heavy atom. The van der Waals surface area contributed by atoms with Gasteiger partial charge >= 0.3 is 0 Å². The van der Waals surface area contributed by atoms with Gasteiger partial charge in [0.25, 0.3) is 0 Å². The summed E-state index contributed by atoms with van der Waals surface area (Å²) in [5.74, 6) is 0.778. The van der Waals surface area contributed by atoms with Gasteiger partial charge in [0.1, 0.15) is 0 Å². The maximum Gasteiger partial charge on any atom is 0.155 e. The lowest BCUT2D eigenvalue weighted by Crippen LogP contribution is -2.11. The summed E-state index contributed by atoms with van der Waals surface area (Å²) in [6.07, 6.45) is 0. The summed E-state index contributed by atoms with van der Waals surface area (Å²) in [6, 6.07) is 13.3. The fourth-order valence-electron chi connectivity index (χ4n) is 1.46. The van der Waals surface area contributed by atoms with E-state index in [1.807, 2.05) is 43.1 Å². The number of hydrogen-bond acceptors (Lipinski definition) is 4. The summed E-state index contributed by atoms with van der Waals surface area (Å²) in [6.45, 7) is 1.90. The normalized spacial score (nSPS) is 9.71. The van der Waals surface area contributed by atoms with Gasteiger partial charge in [-0.05, 0) is 43.3 Å². The summed E-state index contributed by atoms with van der Waals surface area (Å²) in [5.41, 5.74) is 2.52. The predicted octanol–water partition coefficient (Wildman–Crippen LogP) is 2.42. The Labute approximate surface area is 100 Å². The molecule has 1 aromatic carbocycles. The number of aromatic nitrogens is 2. The van der Waals surface area contributed by atoms with Gasteiger partial charge in [0.05, 0.1) is 17.3 Å². The van der Waals surface area contributed by atoms with Crippen LogP contribution in [-0.2, 0) is 0 Å². The van der Waals surface area contributed by atoms with Crippen molar-refractivity contribution in [2.24, 2.45) is 0 Å². The van der Waals surface area contributed by atoms with Crippen molar-refractivity contribution < 1.29 is 0 Å². The van der Waals surface area contributed by atoms with E-state index in [0.717, 1.165) is 17.2 Å². The minimum absolute atomic E-state index is 0.650. The lowest BCUT2D eigenvalue weighted by molar-refractivity contribution is 0.951. The molecule has 0 unspecified atom stereocenters. The number of rotatable bonds is 2. The number of nitriles is 1. The van der Waals surface area contributed by atoms with Gasteiger partial charge in [-0.3, -0.25) is 0 Å². The number of hydrogen-bond donors (Lipinski definition) is 0. The highest BCUT2D eigenvalue weighted by atomic mass is 15.2. The zero-order valence-corrected chi connectivity index (χ0v) is 9.75. The molecule has 0 bridgehead atoms. The molecule has 1 aromatic heterocycles. The molecule has 0 spiro atoms. The molecule has 0 atom stereocenters. The van der Waals surface area contributed by atoms with Crippen LogP contribution in [0.1, 0.15) is 11.3 Å². The van der Waals surface area contributed by atoms with E-state index < -0.39 is 0 Å². The summed E-state index contributed by atoms with van der Waals surface area (Å²) in [4.78, 5) is 1.92. The summed E-state index contributed by atoms with van der Waals surface area (Å²) >= 11 is 0. The predicted molar refractivity (Wildman–Crippen MR) is 66.0 cm³/mol. The average Bonchev–Trinajstić information content (AvgIpc) is 2.39. The van der Waals surface area contributed by atoms with E-state index >= 15 is 0 Å². The van der Waals surface area contributed by atoms with E-state index in [1.54, 1.807) is 12.1 Å². The average molecular weight is 224 g/mol. The van der Waals surface area contributed by atoms with E-state index in [1.165, 1.54) is 0 Å². The van der Waals surface area contributed by atoms with Crippen molar-refractivity contribution in [3.05, 3.63) is 47.7 Å². The molecule has 84 valence electrons. The third-order valence-corrected chi connectivity index (χ3v) is 2.51. The Bertz CT molecular complexity index is 537. The Morgan fingerprint density at radius 2 is 1.76 bits per heavy atom. The third-order valence-electron chi connectivity index (χ3n) is 2.51. The molecule has 17 heavy (non-hydrogen) atoms. The van der Waals surface area contributed by atoms with Crippen LogP contribution in [0.3, 0.4) is 0 Å². The topological polar surface area (TPSA) is 52.8 Å². The van der Waals surface area contributed by atoms with Crippen LogP contribution in [-0.4, -0.2) is 17.2 Å². The lowest BCUT2D eigenvalue weighted by Gasteiger charge is -2.17. The molecule has 0 N–H and O–H groups in total. The zero-order valence-electron chi connectivity index (χ0n) is 9.75. The maximum absolute atomic E-state index is 8.73. The van der Waals surface area contributed by atoms with Crippen LogP contribution >= 0.6 is 0 Å². The van der Waals surface area contributed by atoms with Crippen LogP contribution in [0, 0.1) is 18.3 Å². The SMILES string of the molecule is Cc1ccc(N(C)c2ccc(C#N)cc2)nn1. The summed E-state index contributed by atoms with van der Waals surface area (Å²) in [7, 11) is 1.92. The molecule has 2 aromatic rings. The molecule has 0 aliphatic heterocycles. The Hall–Kier alpha value is -2.41. The van der Waals surface area contributed by atoms with Gasteiger partial charge in [-0.1, -0.05) is 0 Å². The van der Waals surface area contributed by atoms with Crippen LogP contribution in [0.2, 0.25) is 0 Å². The molecule has 0 saturated heterocycles. The quantitative estimate of drug-likeness (QED) is 0.786. The third kappa shape index (κ3) is 2.40. The van der Waals surface area contributed by atoms with Gasteiger partial charge in [-0.15, -0.1) is 5.10 Å². The highest BCUT2D eigenvalue weighted by Gasteiger charge is 2.05. The van der Waals surface area contributed by atoms with Gasteiger partial charge < -0.3 is 4.90 Å². The minimum Gasteiger partial charge on any atom is -0.328 e. The van der Waals surface area contributed by atoms with Crippen molar-refractivity contribution in [3.8, 4) is 6.07 Å². The van der Waals surface area contributed by atoms with E-state index in [0.29, 0.717) is 5.56 Å². The van der Waals surface area contributed by atoms with Crippen molar-refractivity contribution in [2.45, 2.75) is 6.92 Å². The molecule has 0 fully saturated rings. The van der Waals surface area contributed by atoms with Crippen molar-refractivity contribution in [2.75, 3.05) is 11.9 Å². The lowest BCUT2D eigenvalue weighted by atomic mass is 10.2. The molecular weight excluding hydrogens is 212 g/mol. The van der Waals surface area contributed by atoms with Gasteiger partial charge in [0.15, 0.2) is 5.82 Å². The van der Waals surface area contributed by atoms with Gasteiger partial charge in [-0.2, -0.15) is 10.4 Å². The van der Waals surface area contributed by atoms with Gasteiger partial charge in [0.2, 0.25) is 0 Å². The van der Waals surface area contributed by atoms with E-state index in [-0.39, 0.29) is 0 Å². The molecule has 4 heteroatoms. The number of benzene rings is 1. The number of nitrogens with zero attached hydrogens (tertiary/aromatic N) is 4. The maximum atomic E-state index is 8.73. The van der Waals surface area contributed by atoms with Crippen LogP contribution in [0.4, 0.5) is 11.5 Å². The van der Waals surface area contributed by atoms with Crippen molar-refractivity contribution in [1.29, 1.82) is 5.26 Å². The van der Waals surface area contributed by atoms with Crippen molar-refractivity contribution in [1.82, 2.24) is 10.2 Å². The van der Waals surface area contributed by atoms with Gasteiger partial charge in [0, 0.05) is 12.7 Å². The molecule has 0 saturated carbocycles. The second kappa shape index (κ2) is 4.62. The first-order valence-electron chi connectivity index (χ1n) is 5.25. The standard InChI is InChI=1S/C13H12N4/c1-10-3-8-13(16-15-10)17(2)12-6-4-11(9-14)5-7-12/h3-8H,1-2H3. The van der Waals surface area contributed by atoms with E-state index in [9.17, 15) is 0 Å². The first-order valence-corrected chi connectivity index (χ1v) is 5.25. The van der Waals surface area contributed by atoms with E-state index in [4.69, 9.17) is 5.26 Å². The van der Waals surface area contributed by atoms with Crippen molar-refractivity contribution >= 4 is 11.5 Å². The minimum atomic E-state index is 0.650. The molecular formula is C13H12N4. The second-order valence-corrected chi connectivity index (χ2v) is 3.75. The summed E-state index contributed by atoms with van der Waals surface area (Å²) < 4.78 is 0. The molecule has 2 rings (SSSR count). The Kier molecular flexibility index (Phi) is 3.01. The van der Waals surface area contributed by atoms with Gasteiger partial charge in [-0.25, -0.2) is 0 Å². The second-order valence-electron chi connectivity index (χ2n) is 3.75. The molecule has 0 radical (unpaired) electrons. The fraction of sp³-hybridized carbons (Fsp3) is 0.154. The molecule has 0 aliphatic carbocycles. The van der Waals surface area contributed by atoms with Crippen LogP contribution in [0.25, 0.3) is 0 Å². The van der Waals surface area contributed by atoms with Crippen molar-refractivity contribution in [3.63, 3.8) is 0 Å². The highest BCUT2D eigenvalue weighted by Crippen LogP contribution is 2.21. The largest absolute Gasteiger partial charge is 0.328 e. The molecule has 0 amide bonds. The zero-order chi connectivity index (χ0) is 12.3. The molecule has 1 heterocycles. The van der Waals surface area contributed by atoms with Crippen LogP contribution in [0.15, 0.2) is 36.4 Å². The highest BCUT2D eigenvalue weighted by molar-refractivity contribution is 5.59.